The predicted molar refractivity (Wildman–Crippen MR) is 69.6 cm³/mol. The van der Waals surface area contributed by atoms with Gasteiger partial charge in [0, 0.05) is 19.4 Å². The maximum Gasteiger partial charge on any atom is 0.325 e. The lowest BCUT2D eigenvalue weighted by molar-refractivity contribution is -0.149. The normalized spacial score (nSPS) is 10.0. The van der Waals surface area contributed by atoms with Crippen LogP contribution in [0.3, 0.4) is 0 Å². The summed E-state index contributed by atoms with van der Waals surface area (Å²) in [7, 11) is 0. The van der Waals surface area contributed by atoms with Crippen molar-refractivity contribution in [3.8, 4) is 0 Å². The summed E-state index contributed by atoms with van der Waals surface area (Å²) in [6.07, 6.45) is 2.10. The van der Waals surface area contributed by atoms with Crippen molar-refractivity contribution in [1.82, 2.24) is 4.90 Å². The molecule has 0 aliphatic heterocycles. The molecule has 0 aromatic heterocycles. The van der Waals surface area contributed by atoms with E-state index in [0.29, 0.717) is 26.0 Å². The van der Waals surface area contributed by atoms with Crippen LogP contribution in [0.15, 0.2) is 0 Å². The number of amides is 1. The number of nitrogens with zero attached hydrogens (tertiary/aromatic N) is 1. The van der Waals surface area contributed by atoms with E-state index < -0.39 is 11.9 Å². The first kappa shape index (κ1) is 17.4. The molecule has 0 rings (SSSR count). The molecule has 6 heteroatoms. The highest BCUT2D eigenvalue weighted by molar-refractivity contribution is 5.82. The van der Waals surface area contributed by atoms with E-state index in [1.54, 1.807) is 6.92 Å². The molecule has 0 aromatic carbocycles. The van der Waals surface area contributed by atoms with Crippen molar-refractivity contribution in [1.29, 1.82) is 0 Å². The molecule has 0 aromatic rings. The molecule has 1 amide bonds. The highest BCUT2D eigenvalue weighted by Crippen LogP contribution is 2.05. The summed E-state index contributed by atoms with van der Waals surface area (Å²) in [6, 6.07) is 0. The lowest BCUT2D eigenvalue weighted by Gasteiger charge is -2.21. The Morgan fingerprint density at radius 2 is 1.74 bits per heavy atom. The van der Waals surface area contributed by atoms with Crippen molar-refractivity contribution in [3.63, 3.8) is 0 Å². The van der Waals surface area contributed by atoms with Gasteiger partial charge in [-0.3, -0.25) is 14.4 Å². The quantitative estimate of drug-likeness (QED) is 0.481. The fourth-order valence-corrected chi connectivity index (χ4v) is 1.63. The Bertz CT molecular complexity index is 303. The van der Waals surface area contributed by atoms with Crippen LogP contribution < -0.4 is 0 Å². The van der Waals surface area contributed by atoms with Crippen molar-refractivity contribution < 1.29 is 24.2 Å². The molecule has 0 heterocycles. The number of carbonyl (C=O) groups excluding carboxylic acids is 2. The van der Waals surface area contributed by atoms with Gasteiger partial charge in [0.05, 0.1) is 6.61 Å². The molecule has 0 saturated heterocycles. The fourth-order valence-electron chi connectivity index (χ4n) is 1.63. The van der Waals surface area contributed by atoms with Crippen LogP contribution in [0.1, 0.15) is 46.0 Å². The van der Waals surface area contributed by atoms with Gasteiger partial charge in [-0.15, -0.1) is 0 Å². The van der Waals surface area contributed by atoms with E-state index in [1.165, 1.54) is 4.90 Å². The Hall–Kier alpha value is -1.59. The summed E-state index contributed by atoms with van der Waals surface area (Å²) in [6.45, 7) is 4.42. The molecule has 0 fully saturated rings. The van der Waals surface area contributed by atoms with Gasteiger partial charge in [-0.05, 0) is 26.2 Å². The number of hydrogen-bond donors (Lipinski definition) is 1. The minimum Gasteiger partial charge on any atom is -0.481 e. The van der Waals surface area contributed by atoms with Gasteiger partial charge in [0.25, 0.3) is 0 Å². The van der Waals surface area contributed by atoms with Crippen molar-refractivity contribution in [3.05, 3.63) is 0 Å². The molecule has 0 unspecified atom stereocenters. The van der Waals surface area contributed by atoms with Crippen LogP contribution in [-0.2, 0) is 19.1 Å². The SMILES string of the molecule is CCCN(CC(=O)OCC)C(=O)CCCCC(=O)O. The van der Waals surface area contributed by atoms with Gasteiger partial charge >= 0.3 is 11.9 Å². The number of carboxylic acids is 1. The lowest BCUT2D eigenvalue weighted by Crippen LogP contribution is -2.36. The number of carbonyl (C=O) groups is 3. The van der Waals surface area contributed by atoms with E-state index in [9.17, 15) is 14.4 Å². The van der Waals surface area contributed by atoms with Gasteiger partial charge in [-0.2, -0.15) is 0 Å². The summed E-state index contributed by atoms with van der Waals surface area (Å²) >= 11 is 0. The molecule has 110 valence electrons. The topological polar surface area (TPSA) is 83.9 Å². The first-order chi connectivity index (χ1) is 9.01. The molecule has 0 spiro atoms. The number of hydrogen-bond acceptors (Lipinski definition) is 4. The average Bonchev–Trinajstić information content (AvgIpc) is 2.34. The van der Waals surface area contributed by atoms with E-state index in [1.807, 2.05) is 6.92 Å². The van der Waals surface area contributed by atoms with Crippen LogP contribution in [0.25, 0.3) is 0 Å². The summed E-state index contributed by atoms with van der Waals surface area (Å²) in [5.41, 5.74) is 0. The molecule has 1 N–H and O–H groups in total. The first-order valence-electron chi connectivity index (χ1n) is 6.66. The molecule has 0 bridgehead atoms. The van der Waals surface area contributed by atoms with Crippen LogP contribution in [0.4, 0.5) is 0 Å². The fraction of sp³-hybridized carbons (Fsp3) is 0.769. The van der Waals surface area contributed by atoms with Crippen molar-refractivity contribution >= 4 is 17.8 Å². The van der Waals surface area contributed by atoms with Crippen molar-refractivity contribution in [2.75, 3.05) is 19.7 Å². The van der Waals surface area contributed by atoms with Gasteiger partial charge in [0.1, 0.15) is 6.54 Å². The van der Waals surface area contributed by atoms with E-state index in [-0.39, 0.29) is 25.3 Å². The Labute approximate surface area is 113 Å². The summed E-state index contributed by atoms with van der Waals surface area (Å²) in [5.74, 6) is -1.39. The van der Waals surface area contributed by atoms with Gasteiger partial charge in [-0.1, -0.05) is 6.92 Å². The highest BCUT2D eigenvalue weighted by atomic mass is 16.5. The van der Waals surface area contributed by atoms with Crippen LogP contribution >= 0.6 is 0 Å². The van der Waals surface area contributed by atoms with Gasteiger partial charge in [0.2, 0.25) is 5.91 Å². The molecule has 0 aliphatic rings. The smallest absolute Gasteiger partial charge is 0.325 e. The monoisotopic (exact) mass is 273 g/mol. The highest BCUT2D eigenvalue weighted by Gasteiger charge is 2.16. The Balaban J connectivity index is 4.10. The van der Waals surface area contributed by atoms with Gasteiger partial charge < -0.3 is 14.7 Å². The molecule has 0 saturated carbocycles. The number of unbranched alkanes of at least 4 members (excludes halogenated alkanes) is 1. The van der Waals surface area contributed by atoms with E-state index in [0.717, 1.165) is 6.42 Å². The minimum absolute atomic E-state index is 0.0283. The molecule has 0 aliphatic carbocycles. The Kier molecular flexibility index (Phi) is 9.48. The maximum atomic E-state index is 11.9. The van der Waals surface area contributed by atoms with Crippen LogP contribution in [-0.4, -0.2) is 47.5 Å². The molecule has 6 nitrogen and oxygen atoms in total. The number of ether oxygens (including phenoxy) is 1. The summed E-state index contributed by atoms with van der Waals surface area (Å²) in [4.78, 5) is 35.1. The third-order valence-electron chi connectivity index (χ3n) is 2.50. The standard InChI is InChI=1S/C13H23NO5/c1-3-9-14(10-13(18)19-4-2)11(15)7-5-6-8-12(16)17/h3-10H2,1-2H3,(H,16,17). The molecule has 0 radical (unpaired) electrons. The Morgan fingerprint density at radius 3 is 2.26 bits per heavy atom. The first-order valence-corrected chi connectivity index (χ1v) is 6.66. The average molecular weight is 273 g/mol. The third kappa shape index (κ3) is 9.04. The zero-order valence-corrected chi connectivity index (χ0v) is 11.7. The van der Waals surface area contributed by atoms with Gasteiger partial charge in [-0.25, -0.2) is 0 Å². The van der Waals surface area contributed by atoms with Crippen LogP contribution in [0.2, 0.25) is 0 Å². The lowest BCUT2D eigenvalue weighted by atomic mass is 10.2. The van der Waals surface area contributed by atoms with E-state index in [4.69, 9.17) is 9.84 Å². The number of rotatable bonds is 10. The van der Waals surface area contributed by atoms with E-state index in [2.05, 4.69) is 0 Å². The largest absolute Gasteiger partial charge is 0.481 e. The third-order valence-corrected chi connectivity index (χ3v) is 2.50. The molecular formula is C13H23NO5. The maximum absolute atomic E-state index is 11.9. The second kappa shape index (κ2) is 10.3. The molecule has 19 heavy (non-hydrogen) atoms. The number of aliphatic carboxylic acids is 1. The van der Waals surface area contributed by atoms with Crippen LogP contribution in [0.5, 0.6) is 0 Å². The zero-order valence-electron chi connectivity index (χ0n) is 11.7. The molecule has 0 atom stereocenters. The molecular weight excluding hydrogens is 250 g/mol. The van der Waals surface area contributed by atoms with E-state index >= 15 is 0 Å². The minimum atomic E-state index is -0.857. The predicted octanol–water partition coefficient (Wildman–Crippen LogP) is 1.43. The van der Waals surface area contributed by atoms with Crippen molar-refractivity contribution in [2.24, 2.45) is 0 Å². The summed E-state index contributed by atoms with van der Waals surface area (Å²) < 4.78 is 4.82. The van der Waals surface area contributed by atoms with Crippen molar-refractivity contribution in [2.45, 2.75) is 46.0 Å². The summed E-state index contributed by atoms with van der Waals surface area (Å²) in [5, 5.41) is 8.49. The van der Waals surface area contributed by atoms with Crippen LogP contribution in [0, 0.1) is 0 Å². The Morgan fingerprint density at radius 1 is 1.11 bits per heavy atom. The second-order valence-corrected chi connectivity index (χ2v) is 4.22. The number of esters is 1. The number of carboxylic acid groups (broad SMARTS) is 1. The van der Waals surface area contributed by atoms with Gasteiger partial charge in [0.15, 0.2) is 0 Å². The zero-order chi connectivity index (χ0) is 14.7. The second-order valence-electron chi connectivity index (χ2n) is 4.22.